The van der Waals surface area contributed by atoms with Crippen molar-refractivity contribution < 1.29 is 32.7 Å². The van der Waals surface area contributed by atoms with Gasteiger partial charge in [0.15, 0.2) is 0 Å². The van der Waals surface area contributed by atoms with E-state index in [0.29, 0.717) is 11.3 Å². The van der Waals surface area contributed by atoms with Crippen molar-refractivity contribution in [2.24, 2.45) is 4.99 Å². The molecule has 0 spiro atoms. The largest absolute Gasteiger partial charge is 0.456 e. The second kappa shape index (κ2) is 10.9. The number of furan rings is 1. The molecule has 0 fully saturated rings. The normalized spacial score (nSPS) is 15.0. The summed E-state index contributed by atoms with van der Waals surface area (Å²) in [7, 11) is 0. The number of para-hydroxylation sites is 2. The van der Waals surface area contributed by atoms with Gasteiger partial charge in [-0.15, -0.1) is 70.8 Å². The summed E-state index contributed by atoms with van der Waals surface area (Å²) in [6.45, 7) is -4.21. The van der Waals surface area contributed by atoms with Gasteiger partial charge in [0.2, 0.25) is 6.71 Å². The number of fused-ring (bicyclic) bond motifs is 11. The van der Waals surface area contributed by atoms with Crippen molar-refractivity contribution in [2.45, 2.75) is 13.7 Å². The van der Waals surface area contributed by atoms with Crippen LogP contribution in [0.5, 0.6) is 0 Å². The van der Waals surface area contributed by atoms with E-state index in [0.717, 1.165) is 38.8 Å². The third-order valence-corrected chi connectivity index (χ3v) is 7.88. The maximum absolute atomic E-state index is 7.28. The molecule has 0 saturated heterocycles. The number of rotatable bonds is 1. The van der Waals surface area contributed by atoms with Crippen LogP contribution in [-0.2, 0) is 20.1 Å². The van der Waals surface area contributed by atoms with Crippen LogP contribution >= 0.6 is 0 Å². The molecule has 0 unspecified atom stereocenters. The van der Waals surface area contributed by atoms with Gasteiger partial charge in [0, 0.05) is 51.0 Å². The van der Waals surface area contributed by atoms with E-state index in [1.54, 1.807) is 12.1 Å². The number of nitrogens with zero attached hydrogens (tertiary/aromatic N) is 2. The minimum atomic E-state index is -2.18. The summed E-state index contributed by atoms with van der Waals surface area (Å²) in [4.78, 5) is 9.07. The molecule has 1 radical (unpaired) electrons. The molecule has 0 atom stereocenters. The van der Waals surface area contributed by atoms with E-state index < -0.39 is 13.7 Å². The molecule has 0 amide bonds. The number of aliphatic imine (C=N–C) groups is 1. The second-order valence-corrected chi connectivity index (χ2v) is 10.4. The van der Waals surface area contributed by atoms with Crippen molar-refractivity contribution in [3.8, 4) is 22.4 Å². The monoisotopic (exact) mass is 735 g/mol. The van der Waals surface area contributed by atoms with Gasteiger partial charge in [-0.05, 0) is 41.9 Å². The van der Waals surface area contributed by atoms with E-state index in [1.165, 1.54) is 46.4 Å². The summed E-state index contributed by atoms with van der Waals surface area (Å²) in [6.07, 6.45) is 1.30. The van der Waals surface area contributed by atoms with Gasteiger partial charge in [-0.1, -0.05) is 77.9 Å². The summed E-state index contributed by atoms with van der Waals surface area (Å²) in [5, 5.41) is 2.32. The van der Waals surface area contributed by atoms with Crippen LogP contribution in [0.4, 0.5) is 5.69 Å². The van der Waals surface area contributed by atoms with Gasteiger partial charge in [-0.2, -0.15) is 0 Å². The summed E-state index contributed by atoms with van der Waals surface area (Å²) >= 11 is 0. The minimum Gasteiger partial charge on any atom is -0.456 e. The zero-order chi connectivity index (χ0) is 33.2. The standard InChI is InChI=1S/C25H13BNO.C13H12N.Ir/c1-2-9-17-15(7-1)18-13-19-16-8-3-6-12-23(16)28-24(19)14-21(18)26-20-10-4-5-11-22(20)27-25(17)26;1-10-3-6-12(7-4-10)13-8-5-11(2)9-14-13;/h1-8,10-14H;3-6,8-9H,1-2H3;/q2*-1;/i;1D3,2D3;. The Morgan fingerprint density at radius 1 is 0.744 bits per heavy atom. The summed E-state index contributed by atoms with van der Waals surface area (Å²) in [5.41, 5.74) is 11.7. The maximum atomic E-state index is 7.28. The van der Waals surface area contributed by atoms with Crippen LogP contribution < -0.4 is 10.9 Å². The summed E-state index contributed by atoms with van der Waals surface area (Å²) in [5.74, 6) is 0. The van der Waals surface area contributed by atoms with E-state index in [9.17, 15) is 0 Å². The average molecular weight is 735 g/mol. The van der Waals surface area contributed by atoms with E-state index >= 15 is 0 Å². The predicted octanol–water partition coefficient (Wildman–Crippen LogP) is 7.81. The van der Waals surface area contributed by atoms with Crippen molar-refractivity contribution in [1.29, 1.82) is 0 Å². The average Bonchev–Trinajstić information content (AvgIpc) is 3.66. The molecule has 0 N–H and O–H groups in total. The molecule has 9 rings (SSSR count). The fraction of sp³-hybridized carbons (Fsp3) is 0.0526. The molecule has 0 aliphatic carbocycles. The second-order valence-electron chi connectivity index (χ2n) is 10.4. The number of hydrogen-bond acceptors (Lipinski definition) is 3. The first-order valence-electron chi connectivity index (χ1n) is 16.7. The number of hydrogen-bond donors (Lipinski definition) is 0. The van der Waals surface area contributed by atoms with Crippen molar-refractivity contribution in [2.75, 3.05) is 0 Å². The smallest absolute Gasteiger partial charge is 0.216 e. The minimum absolute atomic E-state index is 0. The van der Waals surface area contributed by atoms with Crippen molar-refractivity contribution in [3.63, 3.8) is 0 Å². The molecule has 4 heterocycles. The maximum Gasteiger partial charge on any atom is 0.216 e. The van der Waals surface area contributed by atoms with Gasteiger partial charge in [-0.3, -0.25) is 0 Å². The molecule has 5 aromatic carbocycles. The van der Waals surface area contributed by atoms with Crippen molar-refractivity contribution in [3.05, 3.63) is 144 Å². The van der Waals surface area contributed by atoms with Crippen LogP contribution in [-0.4, -0.2) is 17.3 Å². The first-order valence-corrected chi connectivity index (χ1v) is 13.7. The SMILES string of the molecule is [2H]C([2H])([2H])c1c[c-]c(-c2ccc(C([2H])([2H])[2H])cn2)cc1.[Ir].[c-]1cccc2c1C1=Nc3ccccc3B1c1cc3oc4ccccc4c3cc1-2. The summed E-state index contributed by atoms with van der Waals surface area (Å²) < 4.78 is 49.8. The zero-order valence-electron chi connectivity index (χ0n) is 28.7. The molecule has 0 bridgehead atoms. The van der Waals surface area contributed by atoms with E-state index in [2.05, 4.69) is 77.8 Å². The molecule has 2 aromatic heterocycles. The van der Waals surface area contributed by atoms with Gasteiger partial charge in [0.05, 0.1) is 0 Å². The Morgan fingerprint density at radius 2 is 1.60 bits per heavy atom. The Balaban J connectivity index is 0.000000161. The van der Waals surface area contributed by atoms with Crippen LogP contribution in [0.25, 0.3) is 44.3 Å². The van der Waals surface area contributed by atoms with Gasteiger partial charge in [0.1, 0.15) is 11.2 Å². The molecular weight excluding hydrogens is 703 g/mol. The van der Waals surface area contributed by atoms with Crippen LogP contribution in [0, 0.1) is 25.8 Å². The van der Waals surface area contributed by atoms with Crippen LogP contribution in [0.3, 0.4) is 0 Å². The Labute approximate surface area is 273 Å². The van der Waals surface area contributed by atoms with E-state index in [4.69, 9.17) is 17.6 Å². The van der Waals surface area contributed by atoms with E-state index in [-0.39, 0.29) is 37.9 Å². The molecule has 2 aliphatic rings. The topological polar surface area (TPSA) is 38.4 Å². The first kappa shape index (κ1) is 21.2. The summed E-state index contributed by atoms with van der Waals surface area (Å²) in [6, 6.07) is 41.3. The molecule has 43 heavy (non-hydrogen) atoms. The molecule has 7 aromatic rings. The quantitative estimate of drug-likeness (QED) is 0.128. The Morgan fingerprint density at radius 3 is 2.44 bits per heavy atom. The van der Waals surface area contributed by atoms with Crippen LogP contribution in [0.1, 0.15) is 24.9 Å². The van der Waals surface area contributed by atoms with E-state index in [1.807, 2.05) is 18.2 Å². The van der Waals surface area contributed by atoms with Crippen LogP contribution in [0.15, 0.2) is 125 Å². The number of aromatic nitrogens is 1. The van der Waals surface area contributed by atoms with Crippen molar-refractivity contribution in [1.82, 2.24) is 4.98 Å². The van der Waals surface area contributed by atoms with Gasteiger partial charge in [0.25, 0.3) is 0 Å². The predicted molar refractivity (Wildman–Crippen MR) is 174 cm³/mol. The van der Waals surface area contributed by atoms with Gasteiger partial charge in [-0.25, -0.2) is 0 Å². The fourth-order valence-electron chi connectivity index (χ4n) is 5.96. The Hall–Kier alpha value is -4.57. The molecular formula is C38H25BIrN2O-2. The zero-order valence-corrected chi connectivity index (χ0v) is 25.1. The molecule has 207 valence electrons. The number of benzene rings is 5. The molecule has 3 nitrogen and oxygen atoms in total. The molecule has 0 saturated carbocycles. The Kier molecular flexibility index (Phi) is 5.38. The fourth-order valence-corrected chi connectivity index (χ4v) is 5.96. The van der Waals surface area contributed by atoms with Gasteiger partial charge >= 0.3 is 0 Å². The van der Waals surface area contributed by atoms with Crippen molar-refractivity contribution >= 4 is 50.9 Å². The third-order valence-electron chi connectivity index (χ3n) is 7.88. The van der Waals surface area contributed by atoms with Crippen LogP contribution in [0.2, 0.25) is 0 Å². The number of pyridine rings is 1. The first-order chi connectivity index (χ1) is 23.1. The molecule has 5 heteroatoms. The Bertz CT molecular complexity index is 2330. The number of aryl methyl sites for hydroxylation is 2. The third kappa shape index (κ3) is 4.66. The molecule has 2 aliphatic heterocycles. The van der Waals surface area contributed by atoms with Gasteiger partial charge < -0.3 is 14.4 Å².